The minimum absolute atomic E-state index is 0.176. The quantitative estimate of drug-likeness (QED) is 0.897. The van der Waals surface area contributed by atoms with Crippen LogP contribution in [0.25, 0.3) is 0 Å². The highest BCUT2D eigenvalue weighted by atomic mass is 16.5. The molecule has 0 fully saturated rings. The van der Waals surface area contributed by atoms with Gasteiger partial charge in [0.05, 0.1) is 12.2 Å². The van der Waals surface area contributed by atoms with E-state index in [1.165, 1.54) is 0 Å². The number of hydrogen-bond donors (Lipinski definition) is 1. The molecule has 0 bridgehead atoms. The van der Waals surface area contributed by atoms with E-state index in [0.717, 1.165) is 11.4 Å². The monoisotopic (exact) mass is 271 g/mol. The van der Waals surface area contributed by atoms with E-state index in [1.807, 2.05) is 19.1 Å². The predicted octanol–water partition coefficient (Wildman–Crippen LogP) is 1.77. The summed E-state index contributed by atoms with van der Waals surface area (Å²) in [6, 6.07) is 9.07. The van der Waals surface area contributed by atoms with Gasteiger partial charge in [0.15, 0.2) is 0 Å². The highest BCUT2D eigenvalue weighted by Crippen LogP contribution is 2.36. The van der Waals surface area contributed by atoms with Crippen molar-refractivity contribution >= 4 is 17.6 Å². The van der Waals surface area contributed by atoms with Gasteiger partial charge in [-0.3, -0.25) is 0 Å². The summed E-state index contributed by atoms with van der Waals surface area (Å²) in [7, 11) is 0. The average Bonchev–Trinajstić information content (AvgIpc) is 2.46. The molecule has 0 saturated heterocycles. The number of fused-ring (bicyclic) bond motifs is 1. The molecule has 0 spiro atoms. The maximum absolute atomic E-state index is 11.2. The van der Waals surface area contributed by atoms with Gasteiger partial charge in [0.2, 0.25) is 12.1 Å². The number of benzene rings is 1. The number of aliphatic carboxylic acids is 1. The lowest BCUT2D eigenvalue weighted by atomic mass is 10.2. The summed E-state index contributed by atoms with van der Waals surface area (Å²) in [4.78, 5) is 21.6. The van der Waals surface area contributed by atoms with Crippen LogP contribution in [0.15, 0.2) is 36.5 Å². The van der Waals surface area contributed by atoms with Crippen LogP contribution < -0.4 is 9.64 Å². The zero-order valence-corrected chi connectivity index (χ0v) is 10.9. The minimum atomic E-state index is -1.00. The molecule has 3 rings (SSSR count). The Balaban J connectivity index is 2.07. The molecule has 1 aliphatic rings. The molecule has 0 amide bonds. The maximum atomic E-state index is 11.2. The molecule has 102 valence electrons. The Morgan fingerprint density at radius 2 is 2.20 bits per heavy atom. The van der Waals surface area contributed by atoms with E-state index in [2.05, 4.69) is 9.97 Å². The highest BCUT2D eigenvalue weighted by Gasteiger charge is 2.32. The van der Waals surface area contributed by atoms with Crippen LogP contribution in [-0.4, -0.2) is 33.7 Å². The van der Waals surface area contributed by atoms with Gasteiger partial charge in [0.25, 0.3) is 0 Å². The number of nitrogens with zero attached hydrogens (tertiary/aromatic N) is 3. The Bertz CT molecular complexity index is 660. The van der Waals surface area contributed by atoms with Crippen LogP contribution in [0.2, 0.25) is 0 Å². The zero-order chi connectivity index (χ0) is 14.1. The van der Waals surface area contributed by atoms with Crippen molar-refractivity contribution in [1.29, 1.82) is 0 Å². The number of carboxylic acid groups (broad SMARTS) is 1. The maximum Gasteiger partial charge on any atom is 0.346 e. The number of aromatic nitrogens is 2. The van der Waals surface area contributed by atoms with E-state index in [0.29, 0.717) is 11.7 Å². The van der Waals surface area contributed by atoms with Gasteiger partial charge in [-0.05, 0) is 25.1 Å². The Labute approximate surface area is 115 Å². The van der Waals surface area contributed by atoms with Gasteiger partial charge in [-0.15, -0.1) is 0 Å². The fourth-order valence-corrected chi connectivity index (χ4v) is 2.12. The van der Waals surface area contributed by atoms with E-state index in [-0.39, 0.29) is 6.54 Å². The van der Waals surface area contributed by atoms with Crippen molar-refractivity contribution in [2.75, 3.05) is 11.4 Å². The van der Waals surface area contributed by atoms with Gasteiger partial charge < -0.3 is 14.7 Å². The number of para-hydroxylation sites is 2. The molecular formula is C14H13N3O3. The lowest BCUT2D eigenvalue weighted by Gasteiger charge is -2.33. The largest absolute Gasteiger partial charge is 0.478 e. The first-order chi connectivity index (χ1) is 9.65. The van der Waals surface area contributed by atoms with Crippen molar-refractivity contribution in [2.24, 2.45) is 0 Å². The third-order valence-corrected chi connectivity index (χ3v) is 3.07. The van der Waals surface area contributed by atoms with Crippen LogP contribution in [0.4, 0.5) is 11.6 Å². The fraction of sp³-hybridized carbons (Fsp3) is 0.214. The summed E-state index contributed by atoms with van der Waals surface area (Å²) in [6.07, 6.45) is 0.722. The lowest BCUT2D eigenvalue weighted by Crippen LogP contribution is -2.42. The van der Waals surface area contributed by atoms with Crippen LogP contribution in [-0.2, 0) is 4.79 Å². The molecule has 1 atom stereocenters. The summed E-state index contributed by atoms with van der Waals surface area (Å²) < 4.78 is 5.48. The summed E-state index contributed by atoms with van der Waals surface area (Å²) in [5.41, 5.74) is 1.60. The Hall–Kier alpha value is -2.63. The standard InChI is InChI=1S/C14H13N3O3/c1-9-6-7-15-14(16-9)17-8-12(13(18)19)20-11-5-3-2-4-10(11)17/h2-7,12H,8H2,1H3,(H,18,19). The molecule has 1 aromatic heterocycles. The summed E-state index contributed by atoms with van der Waals surface area (Å²) in [5, 5.41) is 9.19. The fourth-order valence-electron chi connectivity index (χ4n) is 2.12. The second-order valence-electron chi connectivity index (χ2n) is 4.52. The normalized spacial score (nSPS) is 17.2. The minimum Gasteiger partial charge on any atom is -0.478 e. The first-order valence-corrected chi connectivity index (χ1v) is 6.21. The SMILES string of the molecule is Cc1ccnc(N2CC(C(=O)O)Oc3ccccc32)n1. The Morgan fingerprint density at radius 3 is 2.95 bits per heavy atom. The number of carboxylic acids is 1. The number of hydrogen-bond acceptors (Lipinski definition) is 5. The van der Waals surface area contributed by atoms with Crippen LogP contribution in [0.5, 0.6) is 5.75 Å². The molecule has 0 aliphatic carbocycles. The first-order valence-electron chi connectivity index (χ1n) is 6.21. The smallest absolute Gasteiger partial charge is 0.346 e. The van der Waals surface area contributed by atoms with Crippen molar-refractivity contribution in [3.05, 3.63) is 42.2 Å². The van der Waals surface area contributed by atoms with Crippen LogP contribution in [0.3, 0.4) is 0 Å². The van der Waals surface area contributed by atoms with Gasteiger partial charge in [-0.25, -0.2) is 14.8 Å². The zero-order valence-electron chi connectivity index (χ0n) is 10.9. The second kappa shape index (κ2) is 4.80. The highest BCUT2D eigenvalue weighted by molar-refractivity contribution is 5.78. The van der Waals surface area contributed by atoms with Crippen LogP contribution in [0.1, 0.15) is 5.69 Å². The molecule has 20 heavy (non-hydrogen) atoms. The molecule has 6 nitrogen and oxygen atoms in total. The van der Waals surface area contributed by atoms with Gasteiger partial charge in [-0.1, -0.05) is 12.1 Å². The lowest BCUT2D eigenvalue weighted by molar-refractivity contribution is -0.144. The Kier molecular flexibility index (Phi) is 2.98. The summed E-state index contributed by atoms with van der Waals surface area (Å²) in [5.74, 6) is 0.000382. The third-order valence-electron chi connectivity index (χ3n) is 3.07. The number of rotatable bonds is 2. The van der Waals surface area contributed by atoms with Crippen molar-refractivity contribution in [2.45, 2.75) is 13.0 Å². The predicted molar refractivity (Wildman–Crippen MR) is 72.3 cm³/mol. The van der Waals surface area contributed by atoms with E-state index < -0.39 is 12.1 Å². The molecule has 1 aliphatic heterocycles. The topological polar surface area (TPSA) is 75.6 Å². The molecule has 1 N–H and O–H groups in total. The Morgan fingerprint density at radius 1 is 1.40 bits per heavy atom. The molecule has 2 aromatic rings. The number of anilines is 2. The average molecular weight is 271 g/mol. The second-order valence-corrected chi connectivity index (χ2v) is 4.52. The van der Waals surface area contributed by atoms with Gasteiger partial charge in [-0.2, -0.15) is 0 Å². The van der Waals surface area contributed by atoms with Gasteiger partial charge in [0, 0.05) is 11.9 Å². The number of aryl methyl sites for hydroxylation is 1. The molecule has 2 heterocycles. The third kappa shape index (κ3) is 2.16. The van der Waals surface area contributed by atoms with E-state index in [1.54, 1.807) is 29.3 Å². The van der Waals surface area contributed by atoms with E-state index in [9.17, 15) is 9.90 Å². The van der Waals surface area contributed by atoms with Crippen molar-refractivity contribution in [3.8, 4) is 5.75 Å². The van der Waals surface area contributed by atoms with E-state index >= 15 is 0 Å². The van der Waals surface area contributed by atoms with Crippen LogP contribution in [0, 0.1) is 6.92 Å². The molecule has 0 saturated carbocycles. The van der Waals surface area contributed by atoms with Gasteiger partial charge >= 0.3 is 5.97 Å². The summed E-state index contributed by atoms with van der Waals surface area (Å²) in [6.45, 7) is 2.04. The summed E-state index contributed by atoms with van der Waals surface area (Å²) >= 11 is 0. The van der Waals surface area contributed by atoms with Gasteiger partial charge in [0.1, 0.15) is 5.75 Å². The van der Waals surface area contributed by atoms with Crippen LogP contribution >= 0.6 is 0 Å². The molecule has 1 aromatic carbocycles. The van der Waals surface area contributed by atoms with E-state index in [4.69, 9.17) is 4.74 Å². The van der Waals surface area contributed by atoms with Crippen molar-refractivity contribution in [1.82, 2.24) is 9.97 Å². The molecule has 6 heteroatoms. The number of ether oxygens (including phenoxy) is 1. The number of carbonyl (C=O) groups is 1. The molecule has 0 radical (unpaired) electrons. The first kappa shape index (κ1) is 12.4. The van der Waals surface area contributed by atoms with Crippen molar-refractivity contribution < 1.29 is 14.6 Å². The van der Waals surface area contributed by atoms with Crippen molar-refractivity contribution in [3.63, 3.8) is 0 Å². The molecular weight excluding hydrogens is 258 g/mol. The molecule has 1 unspecified atom stereocenters.